The van der Waals surface area contributed by atoms with E-state index in [0.29, 0.717) is 31.0 Å². The summed E-state index contributed by atoms with van der Waals surface area (Å²) in [6.07, 6.45) is 7.03. The number of hydrogen-bond donors (Lipinski definition) is 4. The number of amides is 2. The second-order valence-corrected chi connectivity index (χ2v) is 11.7. The molecule has 2 aromatic carbocycles. The van der Waals surface area contributed by atoms with Gasteiger partial charge in [0.15, 0.2) is 0 Å². The minimum Gasteiger partial charge on any atom is -0.390 e. The molecule has 0 unspecified atom stereocenters. The number of benzene rings is 2. The first-order valence-corrected chi connectivity index (χ1v) is 13.8. The Bertz CT molecular complexity index is 1320. The quantitative estimate of drug-likeness (QED) is 0.340. The summed E-state index contributed by atoms with van der Waals surface area (Å²) in [4.78, 5) is 28.8. The van der Waals surface area contributed by atoms with Gasteiger partial charge in [-0.05, 0) is 79.7 Å². The average Bonchev–Trinajstić information content (AvgIpc) is 2.89. The van der Waals surface area contributed by atoms with Gasteiger partial charge in [0, 0.05) is 36.7 Å². The van der Waals surface area contributed by atoms with Crippen LogP contribution >= 0.6 is 0 Å². The number of carbonyl (C=O) groups is 2. The Labute approximate surface area is 230 Å². The zero-order chi connectivity index (χ0) is 27.6. The van der Waals surface area contributed by atoms with Crippen molar-refractivity contribution in [3.05, 3.63) is 72.4 Å². The molecule has 0 radical (unpaired) electrons. The van der Waals surface area contributed by atoms with E-state index in [2.05, 4.69) is 39.9 Å². The predicted octanol–water partition coefficient (Wildman–Crippen LogP) is 5.14. The third-order valence-corrected chi connectivity index (χ3v) is 8.15. The number of nitrogens with zero attached hydrogens (tertiary/aromatic N) is 1. The summed E-state index contributed by atoms with van der Waals surface area (Å²) in [5, 5.41) is 16.2. The van der Waals surface area contributed by atoms with Gasteiger partial charge in [-0.1, -0.05) is 54.6 Å². The minimum absolute atomic E-state index is 0.00628. The number of nitrogens with one attached hydrogen (secondary N) is 2. The molecular weight excluding hydrogens is 488 g/mol. The van der Waals surface area contributed by atoms with Gasteiger partial charge in [0.1, 0.15) is 5.82 Å². The van der Waals surface area contributed by atoms with Crippen molar-refractivity contribution in [1.82, 2.24) is 10.3 Å². The van der Waals surface area contributed by atoms with Crippen LogP contribution in [0.5, 0.6) is 0 Å². The first-order valence-electron chi connectivity index (χ1n) is 13.8. The standard InChI is InChI=1S/C32H38N4O3/c1-21(37)35-26-14-8-22(9-15-26)16-30(38)36-29-17-27(23-6-4-3-5-7-23)28(18-34-29)24-10-12-25(13-11-24)32(33)19-31(2,39)20-32/h3-7,10-13,17-18,22,26,39H,8-9,14-16,19-20,33H2,1-2H3,(H,35,37)(H,34,36,38)/t22-,26-,31-,32-. The summed E-state index contributed by atoms with van der Waals surface area (Å²) in [6, 6.07) is 20.4. The largest absolute Gasteiger partial charge is 0.390 e. The van der Waals surface area contributed by atoms with Crippen LogP contribution in [0.2, 0.25) is 0 Å². The highest BCUT2D eigenvalue weighted by Gasteiger charge is 2.49. The molecule has 2 fully saturated rings. The number of carbonyl (C=O) groups excluding carboxylic acids is 2. The fraction of sp³-hybridized carbons (Fsp3) is 0.406. The molecule has 2 amide bonds. The highest BCUT2D eigenvalue weighted by molar-refractivity contribution is 5.92. The Balaban J connectivity index is 1.31. The van der Waals surface area contributed by atoms with Crippen LogP contribution in [0.1, 0.15) is 64.4 Å². The Morgan fingerprint density at radius 3 is 2.23 bits per heavy atom. The summed E-state index contributed by atoms with van der Waals surface area (Å²) in [6.45, 7) is 3.37. The Morgan fingerprint density at radius 1 is 0.974 bits per heavy atom. The van der Waals surface area contributed by atoms with E-state index in [1.165, 1.54) is 0 Å². The average molecular weight is 527 g/mol. The second kappa shape index (κ2) is 10.9. The molecule has 0 aliphatic heterocycles. The highest BCUT2D eigenvalue weighted by atomic mass is 16.3. The third kappa shape index (κ3) is 6.37. The SMILES string of the molecule is CC(=O)N[C@H]1CC[C@H](CC(=O)Nc2cc(-c3ccccc3)c(-c3ccc([C@]4(N)C[C@](C)(O)C4)cc3)cn2)CC1. The van der Waals surface area contributed by atoms with E-state index in [-0.39, 0.29) is 17.9 Å². The van der Waals surface area contributed by atoms with E-state index in [1.807, 2.05) is 49.5 Å². The third-order valence-electron chi connectivity index (χ3n) is 8.15. The second-order valence-electron chi connectivity index (χ2n) is 11.7. The molecule has 7 nitrogen and oxygen atoms in total. The van der Waals surface area contributed by atoms with Crippen molar-refractivity contribution in [3.63, 3.8) is 0 Å². The highest BCUT2D eigenvalue weighted by Crippen LogP contribution is 2.46. The fourth-order valence-corrected chi connectivity index (χ4v) is 6.36. The van der Waals surface area contributed by atoms with Crippen molar-refractivity contribution in [2.24, 2.45) is 11.7 Å². The topological polar surface area (TPSA) is 117 Å². The molecule has 0 spiro atoms. The summed E-state index contributed by atoms with van der Waals surface area (Å²) >= 11 is 0. The first-order chi connectivity index (χ1) is 18.6. The van der Waals surface area contributed by atoms with Crippen molar-refractivity contribution < 1.29 is 14.7 Å². The van der Waals surface area contributed by atoms with Crippen LogP contribution in [0, 0.1) is 5.92 Å². The lowest BCUT2D eigenvalue weighted by molar-refractivity contribution is -0.120. The lowest BCUT2D eigenvalue weighted by Crippen LogP contribution is -2.58. The van der Waals surface area contributed by atoms with Crippen LogP contribution in [-0.4, -0.2) is 33.5 Å². The van der Waals surface area contributed by atoms with Gasteiger partial charge in [0.25, 0.3) is 0 Å². The van der Waals surface area contributed by atoms with E-state index in [4.69, 9.17) is 5.73 Å². The molecule has 0 saturated heterocycles. The van der Waals surface area contributed by atoms with Crippen molar-refractivity contribution in [1.29, 1.82) is 0 Å². The van der Waals surface area contributed by atoms with Crippen LogP contribution < -0.4 is 16.4 Å². The van der Waals surface area contributed by atoms with Crippen molar-refractivity contribution >= 4 is 17.6 Å². The van der Waals surface area contributed by atoms with E-state index < -0.39 is 11.1 Å². The molecule has 204 valence electrons. The van der Waals surface area contributed by atoms with Gasteiger partial charge in [-0.2, -0.15) is 0 Å². The maximum atomic E-state index is 12.9. The van der Waals surface area contributed by atoms with Crippen molar-refractivity contribution in [2.45, 2.75) is 76.0 Å². The number of hydrogen-bond acceptors (Lipinski definition) is 5. The van der Waals surface area contributed by atoms with Gasteiger partial charge in [0.05, 0.1) is 5.60 Å². The van der Waals surface area contributed by atoms with Crippen LogP contribution in [0.4, 0.5) is 5.82 Å². The molecule has 7 heteroatoms. The van der Waals surface area contributed by atoms with E-state index in [1.54, 1.807) is 6.92 Å². The molecule has 5 rings (SSSR count). The van der Waals surface area contributed by atoms with E-state index in [0.717, 1.165) is 53.5 Å². The number of aromatic nitrogens is 1. The molecule has 3 aromatic rings. The van der Waals surface area contributed by atoms with Crippen molar-refractivity contribution in [2.75, 3.05) is 5.32 Å². The number of anilines is 1. The van der Waals surface area contributed by atoms with Gasteiger partial charge in [-0.25, -0.2) is 4.98 Å². The molecule has 0 atom stereocenters. The predicted molar refractivity (Wildman–Crippen MR) is 154 cm³/mol. The van der Waals surface area contributed by atoms with Gasteiger partial charge in [-0.3, -0.25) is 9.59 Å². The Kier molecular flexibility index (Phi) is 7.56. The van der Waals surface area contributed by atoms with Gasteiger partial charge in [0.2, 0.25) is 11.8 Å². The molecule has 2 aliphatic carbocycles. The summed E-state index contributed by atoms with van der Waals surface area (Å²) < 4.78 is 0. The molecule has 2 saturated carbocycles. The van der Waals surface area contributed by atoms with Crippen LogP contribution in [0.3, 0.4) is 0 Å². The Morgan fingerprint density at radius 2 is 1.62 bits per heavy atom. The minimum atomic E-state index is -0.704. The van der Waals surface area contributed by atoms with Crippen LogP contribution in [-0.2, 0) is 15.1 Å². The lowest BCUT2D eigenvalue weighted by atomic mass is 9.63. The van der Waals surface area contributed by atoms with Crippen LogP contribution in [0.25, 0.3) is 22.3 Å². The van der Waals surface area contributed by atoms with Gasteiger partial charge < -0.3 is 21.5 Å². The molecule has 0 bridgehead atoms. The molecule has 39 heavy (non-hydrogen) atoms. The summed E-state index contributed by atoms with van der Waals surface area (Å²) in [7, 11) is 0. The fourth-order valence-electron chi connectivity index (χ4n) is 6.36. The normalized spacial score (nSPS) is 26.4. The first kappa shape index (κ1) is 27.0. The lowest BCUT2D eigenvalue weighted by Gasteiger charge is -2.49. The van der Waals surface area contributed by atoms with Crippen LogP contribution in [0.15, 0.2) is 66.9 Å². The molecule has 2 aliphatic rings. The molecular formula is C32H38N4O3. The number of pyridine rings is 1. The van der Waals surface area contributed by atoms with Gasteiger partial charge in [-0.15, -0.1) is 0 Å². The van der Waals surface area contributed by atoms with E-state index in [9.17, 15) is 14.7 Å². The number of aliphatic hydroxyl groups is 1. The maximum absolute atomic E-state index is 12.9. The Hall–Kier alpha value is -3.55. The van der Waals surface area contributed by atoms with E-state index >= 15 is 0 Å². The number of nitrogens with two attached hydrogens (primary N) is 1. The molecule has 5 N–H and O–H groups in total. The zero-order valence-corrected chi connectivity index (χ0v) is 22.7. The molecule has 1 heterocycles. The maximum Gasteiger partial charge on any atom is 0.225 e. The number of rotatable bonds is 7. The monoisotopic (exact) mass is 526 g/mol. The summed E-state index contributed by atoms with van der Waals surface area (Å²) in [5.74, 6) is 0.813. The van der Waals surface area contributed by atoms with Crippen molar-refractivity contribution in [3.8, 4) is 22.3 Å². The summed E-state index contributed by atoms with van der Waals surface area (Å²) in [5.41, 5.74) is 10.3. The smallest absolute Gasteiger partial charge is 0.225 e. The van der Waals surface area contributed by atoms with Gasteiger partial charge >= 0.3 is 0 Å². The zero-order valence-electron chi connectivity index (χ0n) is 22.7. The molecule has 1 aromatic heterocycles.